The second-order valence-electron chi connectivity index (χ2n) is 4.46. The largest absolute Gasteiger partial charge is 0.469 e. The molecule has 1 unspecified atom stereocenters. The maximum atomic E-state index is 11.2. The number of esters is 1. The molecule has 0 heterocycles. The molecular weight excluding hydrogens is 214 g/mol. The molecule has 1 N–H and O–H groups in total. The normalized spacial score (nSPS) is 14.1. The third-order valence-electron chi connectivity index (χ3n) is 2.91. The Morgan fingerprint density at radius 3 is 2.41 bits per heavy atom. The zero-order valence-electron chi connectivity index (χ0n) is 11.0. The van der Waals surface area contributed by atoms with Crippen LogP contribution in [0, 0.1) is 12.8 Å². The Morgan fingerprint density at radius 2 is 1.88 bits per heavy atom. The molecule has 3 nitrogen and oxygen atoms in total. The minimum Gasteiger partial charge on any atom is -0.469 e. The van der Waals surface area contributed by atoms with Gasteiger partial charge in [0, 0.05) is 12.6 Å². The Hall–Kier alpha value is -1.35. The lowest BCUT2D eigenvalue weighted by Gasteiger charge is -2.17. The Kier molecular flexibility index (Phi) is 5.16. The van der Waals surface area contributed by atoms with Gasteiger partial charge in [-0.25, -0.2) is 0 Å². The molecule has 0 amide bonds. The summed E-state index contributed by atoms with van der Waals surface area (Å²) >= 11 is 0. The van der Waals surface area contributed by atoms with E-state index in [0.717, 1.165) is 0 Å². The van der Waals surface area contributed by atoms with Crippen molar-refractivity contribution in [1.82, 2.24) is 5.32 Å². The highest BCUT2D eigenvalue weighted by Gasteiger charge is 2.14. The topological polar surface area (TPSA) is 38.3 Å². The van der Waals surface area contributed by atoms with E-state index >= 15 is 0 Å². The summed E-state index contributed by atoms with van der Waals surface area (Å²) in [5.41, 5.74) is 2.48. The molecule has 0 saturated carbocycles. The van der Waals surface area contributed by atoms with E-state index in [1.807, 2.05) is 6.92 Å². The van der Waals surface area contributed by atoms with Gasteiger partial charge < -0.3 is 10.1 Å². The maximum Gasteiger partial charge on any atom is 0.309 e. The van der Waals surface area contributed by atoms with E-state index in [2.05, 4.69) is 48.2 Å². The van der Waals surface area contributed by atoms with Gasteiger partial charge in [0.15, 0.2) is 0 Å². The zero-order valence-corrected chi connectivity index (χ0v) is 11.0. The summed E-state index contributed by atoms with van der Waals surface area (Å²) in [6, 6.07) is 8.64. The molecule has 0 aliphatic heterocycles. The van der Waals surface area contributed by atoms with Gasteiger partial charge in [0.05, 0.1) is 13.0 Å². The van der Waals surface area contributed by atoms with Crippen molar-refractivity contribution in [3.63, 3.8) is 0 Å². The highest BCUT2D eigenvalue weighted by Crippen LogP contribution is 2.13. The van der Waals surface area contributed by atoms with E-state index in [0.29, 0.717) is 6.54 Å². The summed E-state index contributed by atoms with van der Waals surface area (Å²) in [4.78, 5) is 11.2. The first-order valence-corrected chi connectivity index (χ1v) is 5.92. The second kappa shape index (κ2) is 6.40. The Bertz CT molecular complexity index is 359. The molecule has 0 aliphatic rings. The maximum absolute atomic E-state index is 11.2. The fraction of sp³-hybridized carbons (Fsp3) is 0.500. The highest BCUT2D eigenvalue weighted by molar-refractivity contribution is 5.72. The molecule has 0 fully saturated rings. The molecule has 3 heteroatoms. The average Bonchev–Trinajstić information content (AvgIpc) is 2.35. The van der Waals surface area contributed by atoms with Gasteiger partial charge in [0.25, 0.3) is 0 Å². The van der Waals surface area contributed by atoms with E-state index in [9.17, 15) is 4.79 Å². The molecule has 94 valence electrons. The van der Waals surface area contributed by atoms with E-state index in [1.165, 1.54) is 18.2 Å². The van der Waals surface area contributed by atoms with Crippen LogP contribution >= 0.6 is 0 Å². The molecule has 17 heavy (non-hydrogen) atoms. The van der Waals surface area contributed by atoms with Gasteiger partial charge >= 0.3 is 5.97 Å². The molecule has 2 atom stereocenters. The van der Waals surface area contributed by atoms with E-state index in [-0.39, 0.29) is 17.9 Å². The summed E-state index contributed by atoms with van der Waals surface area (Å²) < 4.78 is 4.69. The second-order valence-corrected chi connectivity index (χ2v) is 4.46. The van der Waals surface area contributed by atoms with Gasteiger partial charge in [-0.3, -0.25) is 4.79 Å². The van der Waals surface area contributed by atoms with E-state index < -0.39 is 0 Å². The predicted octanol–water partition coefficient (Wildman–Crippen LogP) is 2.45. The number of hydrogen-bond donors (Lipinski definition) is 1. The number of carbonyl (C=O) groups excluding carboxylic acids is 1. The van der Waals surface area contributed by atoms with Crippen LogP contribution in [-0.2, 0) is 9.53 Å². The quantitative estimate of drug-likeness (QED) is 0.797. The summed E-state index contributed by atoms with van der Waals surface area (Å²) in [5.74, 6) is -0.290. The first-order chi connectivity index (χ1) is 8.04. The van der Waals surface area contributed by atoms with Crippen LogP contribution in [0.2, 0.25) is 0 Å². The van der Waals surface area contributed by atoms with Crippen molar-refractivity contribution >= 4 is 5.97 Å². The Balaban J connectivity index is 2.47. The molecule has 0 radical (unpaired) electrons. The number of rotatable bonds is 5. The van der Waals surface area contributed by atoms with Crippen LogP contribution < -0.4 is 5.32 Å². The van der Waals surface area contributed by atoms with Crippen molar-refractivity contribution in [3.05, 3.63) is 35.4 Å². The highest BCUT2D eigenvalue weighted by atomic mass is 16.5. The van der Waals surface area contributed by atoms with Crippen LogP contribution in [0.4, 0.5) is 0 Å². The van der Waals surface area contributed by atoms with Crippen LogP contribution in [0.25, 0.3) is 0 Å². The predicted molar refractivity (Wildman–Crippen MR) is 68.8 cm³/mol. The summed E-state index contributed by atoms with van der Waals surface area (Å²) in [7, 11) is 1.42. The number of hydrogen-bond acceptors (Lipinski definition) is 3. The third-order valence-corrected chi connectivity index (χ3v) is 2.91. The van der Waals surface area contributed by atoms with E-state index in [1.54, 1.807) is 0 Å². The SMILES string of the molecule is COC(=O)C(C)CN[C@H](C)c1ccc(C)cc1. The van der Waals surface area contributed by atoms with Crippen molar-refractivity contribution in [3.8, 4) is 0 Å². The number of benzene rings is 1. The van der Waals surface area contributed by atoms with Gasteiger partial charge in [-0.05, 0) is 19.4 Å². The Labute approximate surface area is 103 Å². The lowest BCUT2D eigenvalue weighted by Crippen LogP contribution is -2.29. The molecular formula is C14H21NO2. The fourth-order valence-electron chi connectivity index (χ4n) is 1.61. The molecule has 1 aromatic carbocycles. The number of carbonyl (C=O) groups is 1. The smallest absolute Gasteiger partial charge is 0.309 e. The third kappa shape index (κ3) is 4.19. The van der Waals surface area contributed by atoms with Gasteiger partial charge in [-0.2, -0.15) is 0 Å². The monoisotopic (exact) mass is 235 g/mol. The van der Waals surface area contributed by atoms with Crippen LogP contribution in [0.1, 0.15) is 31.0 Å². The lowest BCUT2D eigenvalue weighted by atomic mass is 10.1. The lowest BCUT2D eigenvalue weighted by molar-refractivity contribution is -0.144. The van der Waals surface area contributed by atoms with Crippen molar-refractivity contribution in [2.75, 3.05) is 13.7 Å². The minimum absolute atomic E-state index is 0.118. The van der Waals surface area contributed by atoms with Crippen LogP contribution in [0.15, 0.2) is 24.3 Å². The van der Waals surface area contributed by atoms with Gasteiger partial charge in [-0.1, -0.05) is 36.8 Å². The fourth-order valence-corrected chi connectivity index (χ4v) is 1.61. The van der Waals surface area contributed by atoms with Gasteiger partial charge in [0.2, 0.25) is 0 Å². The number of ether oxygens (including phenoxy) is 1. The molecule has 0 saturated heterocycles. The number of nitrogens with one attached hydrogen (secondary N) is 1. The average molecular weight is 235 g/mol. The standard InChI is InChI=1S/C14H21NO2/c1-10-5-7-13(8-6-10)12(3)15-9-11(2)14(16)17-4/h5-8,11-12,15H,9H2,1-4H3/t11?,12-/m1/s1. The number of aryl methyl sites for hydroxylation is 1. The molecule has 1 rings (SSSR count). The minimum atomic E-state index is -0.173. The first kappa shape index (κ1) is 13.7. The van der Waals surface area contributed by atoms with Gasteiger partial charge in [0.1, 0.15) is 0 Å². The van der Waals surface area contributed by atoms with Crippen molar-refractivity contribution in [2.24, 2.45) is 5.92 Å². The van der Waals surface area contributed by atoms with Crippen LogP contribution in [-0.4, -0.2) is 19.6 Å². The first-order valence-electron chi connectivity index (χ1n) is 5.92. The van der Waals surface area contributed by atoms with Crippen LogP contribution in [0.3, 0.4) is 0 Å². The van der Waals surface area contributed by atoms with Crippen molar-refractivity contribution < 1.29 is 9.53 Å². The summed E-state index contributed by atoms with van der Waals surface area (Å²) in [6.07, 6.45) is 0. The molecule has 0 aliphatic carbocycles. The molecule has 0 spiro atoms. The van der Waals surface area contributed by atoms with Crippen molar-refractivity contribution in [1.29, 1.82) is 0 Å². The molecule has 0 bridgehead atoms. The number of methoxy groups -OCH3 is 1. The van der Waals surface area contributed by atoms with Crippen molar-refractivity contribution in [2.45, 2.75) is 26.8 Å². The molecule has 1 aromatic rings. The zero-order chi connectivity index (χ0) is 12.8. The summed E-state index contributed by atoms with van der Waals surface area (Å²) in [6.45, 7) is 6.65. The van der Waals surface area contributed by atoms with E-state index in [4.69, 9.17) is 0 Å². The van der Waals surface area contributed by atoms with Gasteiger partial charge in [-0.15, -0.1) is 0 Å². The Morgan fingerprint density at radius 1 is 1.29 bits per heavy atom. The molecule has 0 aromatic heterocycles. The summed E-state index contributed by atoms with van der Waals surface area (Å²) in [5, 5.41) is 3.33. The van der Waals surface area contributed by atoms with Crippen LogP contribution in [0.5, 0.6) is 0 Å².